The highest BCUT2D eigenvalue weighted by molar-refractivity contribution is 5.99. The van der Waals surface area contributed by atoms with Crippen molar-refractivity contribution in [1.82, 2.24) is 10.6 Å². The van der Waals surface area contributed by atoms with Gasteiger partial charge in [0.25, 0.3) is 0 Å². The number of hydrogen-bond acceptors (Lipinski definition) is 3. The van der Waals surface area contributed by atoms with Crippen LogP contribution in [0.25, 0.3) is 0 Å². The fourth-order valence-corrected chi connectivity index (χ4v) is 6.30. The van der Waals surface area contributed by atoms with Gasteiger partial charge >= 0.3 is 0 Å². The van der Waals surface area contributed by atoms with E-state index < -0.39 is 0 Å². The molecule has 0 spiro atoms. The molecule has 3 amide bonds. The largest absolute Gasteiger partial charge is 0.358 e. The third-order valence-corrected chi connectivity index (χ3v) is 7.35. The van der Waals surface area contributed by atoms with Gasteiger partial charge in [0.15, 0.2) is 0 Å². The van der Waals surface area contributed by atoms with Gasteiger partial charge in [0.05, 0.1) is 0 Å². The van der Waals surface area contributed by atoms with Crippen LogP contribution in [0.1, 0.15) is 50.5 Å². The number of carbonyl (C=O) groups is 3. The maximum atomic E-state index is 13.1. The highest BCUT2D eigenvalue weighted by Crippen LogP contribution is 2.60. The lowest BCUT2D eigenvalue weighted by Gasteiger charge is -2.55. The van der Waals surface area contributed by atoms with Gasteiger partial charge in [-0.3, -0.25) is 14.4 Å². The molecule has 4 aliphatic rings. The van der Waals surface area contributed by atoms with Crippen molar-refractivity contribution < 1.29 is 14.4 Å². The molecule has 0 saturated heterocycles. The normalized spacial score (nSPS) is 27.9. The molecule has 0 aliphatic heterocycles. The van der Waals surface area contributed by atoms with Crippen molar-refractivity contribution in [2.24, 2.45) is 23.2 Å². The monoisotopic (exact) mass is 421 g/mol. The third-order valence-electron chi connectivity index (χ3n) is 7.35. The second-order valence-electron chi connectivity index (χ2n) is 9.55. The van der Waals surface area contributed by atoms with Gasteiger partial charge in [-0.05, 0) is 74.5 Å². The van der Waals surface area contributed by atoms with E-state index in [1.165, 1.54) is 31.2 Å². The van der Waals surface area contributed by atoms with Crippen LogP contribution in [0.5, 0.6) is 0 Å². The summed E-state index contributed by atoms with van der Waals surface area (Å²) in [6, 6.07) is 7.02. The van der Waals surface area contributed by atoms with Crippen molar-refractivity contribution in [3.05, 3.63) is 29.8 Å². The fourth-order valence-electron chi connectivity index (χ4n) is 6.30. The Hall–Kier alpha value is -2.81. The SMILES string of the molecule is C#Cc1cccc(N(CC(=O)NC)C(=O)CCNC(=O)C23CC4CC(CC(C4)C2)C3)c1. The van der Waals surface area contributed by atoms with E-state index in [0.29, 0.717) is 29.0 Å². The molecule has 164 valence electrons. The molecular formula is C25H31N3O3. The van der Waals surface area contributed by atoms with E-state index in [-0.39, 0.29) is 42.6 Å². The van der Waals surface area contributed by atoms with Gasteiger partial charge in [-0.15, -0.1) is 6.42 Å². The fraction of sp³-hybridized carbons (Fsp3) is 0.560. The van der Waals surface area contributed by atoms with Crippen molar-refractivity contribution in [3.8, 4) is 12.3 Å². The van der Waals surface area contributed by atoms with E-state index >= 15 is 0 Å². The number of likely N-dealkylation sites (N-methyl/N-ethyl adjacent to an activating group) is 1. The molecule has 1 aromatic carbocycles. The standard InChI is InChI=1S/C25H31N3O3/c1-3-17-5-4-6-21(12-17)28(16-22(29)26-2)23(30)7-8-27-24(31)25-13-18-9-19(14-25)11-20(10-18)15-25/h1,4-6,12,18-20H,7-11,13-16H2,2H3,(H,26,29)(H,27,31). The van der Waals surface area contributed by atoms with E-state index in [2.05, 4.69) is 16.6 Å². The molecule has 4 aliphatic carbocycles. The van der Waals surface area contributed by atoms with Gasteiger partial charge in [-0.25, -0.2) is 0 Å². The second kappa shape index (κ2) is 8.74. The molecular weight excluding hydrogens is 390 g/mol. The zero-order chi connectivity index (χ0) is 22.0. The average molecular weight is 422 g/mol. The molecule has 31 heavy (non-hydrogen) atoms. The Labute approximate surface area is 184 Å². The number of benzene rings is 1. The summed E-state index contributed by atoms with van der Waals surface area (Å²) >= 11 is 0. The predicted octanol–water partition coefficient (Wildman–Crippen LogP) is 2.47. The molecule has 2 N–H and O–H groups in total. The van der Waals surface area contributed by atoms with Crippen molar-refractivity contribution in [3.63, 3.8) is 0 Å². The first-order valence-electron chi connectivity index (χ1n) is 11.3. The second-order valence-corrected chi connectivity index (χ2v) is 9.55. The lowest BCUT2D eigenvalue weighted by Crippen LogP contribution is -2.54. The molecule has 6 heteroatoms. The Morgan fingerprint density at radius 3 is 2.35 bits per heavy atom. The van der Waals surface area contributed by atoms with Gasteiger partial charge in [-0.1, -0.05) is 12.0 Å². The van der Waals surface area contributed by atoms with Crippen LogP contribution in [0.3, 0.4) is 0 Å². The number of nitrogens with zero attached hydrogens (tertiary/aromatic N) is 1. The minimum atomic E-state index is -0.267. The van der Waals surface area contributed by atoms with Gasteiger partial charge in [0.2, 0.25) is 17.7 Å². The summed E-state index contributed by atoms with van der Waals surface area (Å²) in [6.07, 6.45) is 12.5. The summed E-state index contributed by atoms with van der Waals surface area (Å²) in [5, 5.41) is 5.60. The molecule has 5 rings (SSSR count). The van der Waals surface area contributed by atoms with E-state index in [9.17, 15) is 14.4 Å². The van der Waals surface area contributed by atoms with Gasteiger partial charge in [0, 0.05) is 36.7 Å². The molecule has 4 saturated carbocycles. The van der Waals surface area contributed by atoms with Crippen molar-refractivity contribution in [1.29, 1.82) is 0 Å². The van der Waals surface area contributed by atoms with Crippen molar-refractivity contribution >= 4 is 23.4 Å². The van der Waals surface area contributed by atoms with E-state index in [1.54, 1.807) is 24.3 Å². The van der Waals surface area contributed by atoms with Crippen LogP contribution in [0.15, 0.2) is 24.3 Å². The van der Waals surface area contributed by atoms with Crippen molar-refractivity contribution in [2.75, 3.05) is 25.0 Å². The quantitative estimate of drug-likeness (QED) is 0.664. The van der Waals surface area contributed by atoms with Crippen LogP contribution in [-0.4, -0.2) is 37.9 Å². The average Bonchev–Trinajstić information content (AvgIpc) is 2.76. The highest BCUT2D eigenvalue weighted by Gasteiger charge is 2.54. The Kier molecular flexibility index (Phi) is 6.04. The van der Waals surface area contributed by atoms with Gasteiger partial charge in [0.1, 0.15) is 6.54 Å². The summed E-state index contributed by atoms with van der Waals surface area (Å²) in [4.78, 5) is 39.5. The summed E-state index contributed by atoms with van der Waals surface area (Å²) in [7, 11) is 1.54. The van der Waals surface area contributed by atoms with Crippen LogP contribution in [-0.2, 0) is 14.4 Å². The number of anilines is 1. The van der Waals surface area contributed by atoms with E-state index in [1.807, 2.05) is 0 Å². The molecule has 4 fully saturated rings. The minimum absolute atomic E-state index is 0.0910. The summed E-state index contributed by atoms with van der Waals surface area (Å²) in [5.74, 6) is 4.28. The number of nitrogens with one attached hydrogen (secondary N) is 2. The summed E-state index contributed by atoms with van der Waals surface area (Å²) in [5.41, 5.74) is 1.000. The maximum Gasteiger partial charge on any atom is 0.239 e. The molecule has 0 unspecified atom stereocenters. The summed E-state index contributed by atoms with van der Waals surface area (Å²) in [6.45, 7) is 0.185. The van der Waals surface area contributed by atoms with Crippen LogP contribution < -0.4 is 15.5 Å². The zero-order valence-corrected chi connectivity index (χ0v) is 18.2. The van der Waals surface area contributed by atoms with E-state index in [4.69, 9.17) is 6.42 Å². The van der Waals surface area contributed by atoms with Gasteiger partial charge in [-0.2, -0.15) is 0 Å². The Balaban J connectivity index is 1.38. The maximum absolute atomic E-state index is 13.1. The number of amides is 3. The van der Waals surface area contributed by atoms with Crippen LogP contribution in [0, 0.1) is 35.5 Å². The van der Waals surface area contributed by atoms with E-state index in [0.717, 1.165) is 19.3 Å². The first kappa shape index (κ1) is 21.4. The number of terminal acetylenes is 1. The zero-order valence-electron chi connectivity index (χ0n) is 18.2. The lowest BCUT2D eigenvalue weighted by atomic mass is 9.49. The number of carbonyl (C=O) groups excluding carboxylic acids is 3. The first-order valence-corrected chi connectivity index (χ1v) is 11.3. The summed E-state index contributed by atoms with van der Waals surface area (Å²) < 4.78 is 0. The molecule has 0 aromatic heterocycles. The van der Waals surface area contributed by atoms with Crippen molar-refractivity contribution in [2.45, 2.75) is 44.9 Å². The smallest absolute Gasteiger partial charge is 0.239 e. The third kappa shape index (κ3) is 4.46. The highest BCUT2D eigenvalue weighted by atomic mass is 16.2. The Morgan fingerprint density at radius 1 is 1.13 bits per heavy atom. The van der Waals surface area contributed by atoms with Crippen LogP contribution in [0.4, 0.5) is 5.69 Å². The number of hydrogen-bond donors (Lipinski definition) is 2. The molecule has 6 nitrogen and oxygen atoms in total. The molecule has 0 heterocycles. The molecule has 1 aromatic rings. The Morgan fingerprint density at radius 2 is 1.77 bits per heavy atom. The first-order chi connectivity index (χ1) is 14.9. The Bertz CT molecular complexity index is 882. The lowest BCUT2D eigenvalue weighted by molar-refractivity contribution is -0.146. The molecule has 0 radical (unpaired) electrons. The predicted molar refractivity (Wildman–Crippen MR) is 119 cm³/mol. The number of rotatable bonds is 7. The molecule has 4 bridgehead atoms. The minimum Gasteiger partial charge on any atom is -0.358 e. The van der Waals surface area contributed by atoms with Crippen LogP contribution in [0.2, 0.25) is 0 Å². The molecule has 0 atom stereocenters. The topological polar surface area (TPSA) is 78.5 Å². The van der Waals surface area contributed by atoms with Gasteiger partial charge < -0.3 is 15.5 Å². The van der Waals surface area contributed by atoms with Crippen LogP contribution >= 0.6 is 0 Å².